The summed E-state index contributed by atoms with van der Waals surface area (Å²) in [5.41, 5.74) is -3.75. The Bertz CT molecular complexity index is 536. The van der Waals surface area contributed by atoms with E-state index < -0.39 is 47.6 Å². The van der Waals surface area contributed by atoms with E-state index in [0.29, 0.717) is 6.20 Å². The topological polar surface area (TPSA) is 79.4 Å². The molecule has 10 heteroatoms. The van der Waals surface area contributed by atoms with Gasteiger partial charge >= 0.3 is 12.3 Å². The number of alkyl halides is 5. The van der Waals surface area contributed by atoms with Gasteiger partial charge < -0.3 is 14.8 Å². The molecule has 0 aliphatic carbocycles. The third kappa shape index (κ3) is 3.93. The number of carboxylic acids is 1. The monoisotopic (exact) mass is 287 g/mol. The zero-order chi connectivity index (χ0) is 14.8. The molecule has 0 atom stereocenters. The van der Waals surface area contributed by atoms with Crippen molar-refractivity contribution in [1.82, 2.24) is 4.98 Å². The quantitative estimate of drug-likeness (QED) is 0.828. The molecule has 0 aliphatic rings. The minimum atomic E-state index is -5.33. The molecule has 1 aromatic heterocycles. The number of carbonyl (C=O) groups is 1. The predicted molar refractivity (Wildman–Crippen MR) is 50.0 cm³/mol. The number of halogens is 5. The van der Waals surface area contributed by atoms with Crippen molar-refractivity contribution >= 4 is 5.97 Å². The molecule has 0 amide bonds. The van der Waals surface area contributed by atoms with E-state index in [4.69, 9.17) is 5.11 Å². The zero-order valence-electron chi connectivity index (χ0n) is 8.92. The zero-order valence-corrected chi connectivity index (χ0v) is 8.92. The lowest BCUT2D eigenvalue weighted by Gasteiger charge is -2.15. The number of pyridine rings is 1. The number of hydrogen-bond donors (Lipinski definition) is 2. The molecule has 1 heterocycles. The summed E-state index contributed by atoms with van der Waals surface area (Å²) in [6.07, 6.45) is -9.30. The second kappa shape index (κ2) is 5.24. The summed E-state index contributed by atoms with van der Waals surface area (Å²) in [6.45, 7) is 0. The van der Waals surface area contributed by atoms with Crippen molar-refractivity contribution in [2.45, 2.75) is 19.2 Å². The van der Waals surface area contributed by atoms with E-state index in [2.05, 4.69) is 4.74 Å². The van der Waals surface area contributed by atoms with Crippen LogP contribution in [0.15, 0.2) is 11.0 Å². The first-order valence-electron chi connectivity index (χ1n) is 4.62. The fourth-order valence-corrected chi connectivity index (χ4v) is 1.30. The number of ether oxygens (including phenoxy) is 1. The van der Waals surface area contributed by atoms with E-state index in [0.717, 1.165) is 0 Å². The molecule has 0 aliphatic heterocycles. The number of rotatable bonds is 4. The highest BCUT2D eigenvalue weighted by atomic mass is 19.4. The number of H-pyrrole nitrogens is 1. The molecule has 0 saturated carbocycles. The van der Waals surface area contributed by atoms with Crippen LogP contribution in [0.1, 0.15) is 17.6 Å². The summed E-state index contributed by atoms with van der Waals surface area (Å²) in [7, 11) is 0. The van der Waals surface area contributed by atoms with Crippen molar-refractivity contribution in [3.8, 4) is 5.75 Å². The van der Waals surface area contributed by atoms with Crippen LogP contribution in [0.4, 0.5) is 22.0 Å². The Kier molecular flexibility index (Phi) is 4.12. The van der Waals surface area contributed by atoms with Crippen molar-refractivity contribution in [3.63, 3.8) is 0 Å². The molecular formula is C9H6F5NO4. The smallest absolute Gasteiger partial charge is 0.481 e. The standard InChI is InChI=1S/C9H6F5NO4/c10-7(11)5-6(19-9(12,13)14)3(1-4(16)17)2-15-8(5)18/h2,7H,1H2,(H,15,18)(H,16,17). The molecule has 106 valence electrons. The van der Waals surface area contributed by atoms with Crippen molar-refractivity contribution in [2.75, 3.05) is 0 Å². The van der Waals surface area contributed by atoms with Gasteiger partial charge in [-0.3, -0.25) is 9.59 Å². The Morgan fingerprint density at radius 3 is 2.42 bits per heavy atom. The number of nitrogens with one attached hydrogen (secondary N) is 1. The van der Waals surface area contributed by atoms with Crippen LogP contribution in [0.25, 0.3) is 0 Å². The summed E-state index contributed by atoms with van der Waals surface area (Å²) >= 11 is 0. The number of hydrogen-bond acceptors (Lipinski definition) is 3. The molecule has 19 heavy (non-hydrogen) atoms. The Morgan fingerprint density at radius 1 is 1.42 bits per heavy atom. The maximum absolute atomic E-state index is 12.6. The Labute approximate surface area is 101 Å². The van der Waals surface area contributed by atoms with Crippen LogP contribution in [0.2, 0.25) is 0 Å². The molecule has 0 radical (unpaired) electrons. The van der Waals surface area contributed by atoms with Crippen LogP contribution >= 0.6 is 0 Å². The molecule has 0 spiro atoms. The van der Waals surface area contributed by atoms with Gasteiger partial charge in [0.1, 0.15) is 11.3 Å². The third-order valence-corrected chi connectivity index (χ3v) is 1.94. The summed E-state index contributed by atoms with van der Waals surface area (Å²) in [5, 5.41) is 8.47. The van der Waals surface area contributed by atoms with Crippen LogP contribution in [0.5, 0.6) is 5.75 Å². The first-order valence-corrected chi connectivity index (χ1v) is 4.62. The fraction of sp³-hybridized carbons (Fsp3) is 0.333. The average Bonchev–Trinajstić information content (AvgIpc) is 2.18. The highest BCUT2D eigenvalue weighted by Gasteiger charge is 2.36. The van der Waals surface area contributed by atoms with Crippen LogP contribution in [0.3, 0.4) is 0 Å². The SMILES string of the molecule is O=C(O)Cc1c[nH]c(=O)c(C(F)F)c1OC(F)(F)F. The van der Waals surface area contributed by atoms with Crippen molar-refractivity contribution < 1.29 is 36.6 Å². The lowest BCUT2D eigenvalue weighted by molar-refractivity contribution is -0.275. The summed E-state index contributed by atoms with van der Waals surface area (Å²) in [6, 6.07) is 0. The lowest BCUT2D eigenvalue weighted by Crippen LogP contribution is -2.24. The van der Waals surface area contributed by atoms with Gasteiger partial charge in [-0.05, 0) is 0 Å². The molecule has 0 fully saturated rings. The fourth-order valence-electron chi connectivity index (χ4n) is 1.30. The predicted octanol–water partition coefficient (Wildman–Crippen LogP) is 1.84. The minimum Gasteiger partial charge on any atom is -0.481 e. The summed E-state index contributed by atoms with van der Waals surface area (Å²) in [4.78, 5) is 23.2. The van der Waals surface area contributed by atoms with Crippen LogP contribution in [-0.2, 0) is 11.2 Å². The van der Waals surface area contributed by atoms with Crippen LogP contribution in [0, 0.1) is 0 Å². The maximum Gasteiger partial charge on any atom is 0.573 e. The van der Waals surface area contributed by atoms with Gasteiger partial charge in [-0.2, -0.15) is 0 Å². The lowest BCUT2D eigenvalue weighted by atomic mass is 10.1. The normalized spacial score (nSPS) is 11.7. The summed E-state index contributed by atoms with van der Waals surface area (Å²) in [5.74, 6) is -3.05. The second-order valence-corrected chi connectivity index (χ2v) is 3.30. The third-order valence-electron chi connectivity index (χ3n) is 1.94. The van der Waals surface area contributed by atoms with E-state index in [1.54, 1.807) is 4.98 Å². The number of aromatic amines is 1. The van der Waals surface area contributed by atoms with E-state index in [1.165, 1.54) is 0 Å². The van der Waals surface area contributed by atoms with Crippen LogP contribution < -0.4 is 10.3 Å². The molecule has 0 unspecified atom stereocenters. The van der Waals surface area contributed by atoms with Gasteiger partial charge in [0.25, 0.3) is 12.0 Å². The Balaban J connectivity index is 3.44. The largest absolute Gasteiger partial charge is 0.573 e. The van der Waals surface area contributed by atoms with E-state index >= 15 is 0 Å². The first-order chi connectivity index (χ1) is 8.61. The highest BCUT2D eigenvalue weighted by molar-refractivity contribution is 5.71. The summed E-state index contributed by atoms with van der Waals surface area (Å²) < 4.78 is 64.8. The van der Waals surface area contributed by atoms with Gasteiger partial charge in [-0.1, -0.05) is 0 Å². The molecule has 0 bridgehead atoms. The van der Waals surface area contributed by atoms with Gasteiger partial charge in [0.15, 0.2) is 0 Å². The van der Waals surface area contributed by atoms with Crippen LogP contribution in [-0.4, -0.2) is 22.4 Å². The number of carboxylic acid groups (broad SMARTS) is 1. The Morgan fingerprint density at radius 2 is 2.00 bits per heavy atom. The highest BCUT2D eigenvalue weighted by Crippen LogP contribution is 2.33. The number of aromatic nitrogens is 1. The minimum absolute atomic E-state index is 0.587. The van der Waals surface area contributed by atoms with Crippen molar-refractivity contribution in [3.05, 3.63) is 27.7 Å². The van der Waals surface area contributed by atoms with Gasteiger partial charge in [0.05, 0.1) is 6.42 Å². The van der Waals surface area contributed by atoms with Gasteiger partial charge in [-0.25, -0.2) is 8.78 Å². The van der Waals surface area contributed by atoms with E-state index in [-0.39, 0.29) is 0 Å². The number of aliphatic carboxylic acids is 1. The van der Waals surface area contributed by atoms with Gasteiger partial charge in [0.2, 0.25) is 0 Å². The van der Waals surface area contributed by atoms with E-state index in [1.807, 2.05) is 0 Å². The van der Waals surface area contributed by atoms with Crippen molar-refractivity contribution in [2.24, 2.45) is 0 Å². The van der Waals surface area contributed by atoms with Gasteiger partial charge in [0, 0.05) is 11.8 Å². The molecule has 0 saturated heterocycles. The Hall–Kier alpha value is -2.13. The maximum atomic E-state index is 12.6. The first kappa shape index (κ1) is 14.9. The average molecular weight is 287 g/mol. The second-order valence-electron chi connectivity index (χ2n) is 3.30. The van der Waals surface area contributed by atoms with Crippen molar-refractivity contribution in [1.29, 1.82) is 0 Å². The molecular weight excluding hydrogens is 281 g/mol. The molecule has 5 nitrogen and oxygen atoms in total. The molecule has 0 aromatic carbocycles. The molecule has 1 rings (SSSR count). The molecule has 1 aromatic rings. The van der Waals surface area contributed by atoms with E-state index in [9.17, 15) is 31.5 Å². The van der Waals surface area contributed by atoms with Gasteiger partial charge in [-0.15, -0.1) is 13.2 Å². The molecule has 2 N–H and O–H groups in total.